The minimum Gasteiger partial charge on any atom is -0.456 e. The van der Waals surface area contributed by atoms with Gasteiger partial charge < -0.3 is 21.3 Å². The van der Waals surface area contributed by atoms with E-state index in [4.69, 9.17) is 20.6 Å². The third-order valence-electron chi connectivity index (χ3n) is 7.65. The quantitative estimate of drug-likeness (QED) is 0.184. The first kappa shape index (κ1) is 28.3. The monoisotopic (exact) mass is 761 g/mol. The van der Waals surface area contributed by atoms with Gasteiger partial charge in [-0.15, -0.1) is 0 Å². The van der Waals surface area contributed by atoms with Crippen LogP contribution in [0, 0.1) is 0 Å². The zero-order valence-corrected chi connectivity index (χ0v) is 26.2. The molecule has 4 aromatic carbocycles. The van der Waals surface area contributed by atoms with E-state index in [9.17, 15) is 0 Å². The summed E-state index contributed by atoms with van der Waals surface area (Å²) < 4.78 is 0. The molecule has 0 saturated carbocycles. The standard InChI is InChI=1S/C38H26N6.Pt/c1-3-13-25(14-4-1)35(37-41-29-17-7-8-18-30(29)42-37)33-23-11-21-27(39-33)28-22-12-24-34(40-28)36(26-15-5-2-6-16-26)38-43-31-19-9-10-20-32(31)44-38;/h1-24,41,43H;/q-2;+2/b37-35-,38-36-;. The van der Waals surface area contributed by atoms with E-state index in [0.29, 0.717) is 0 Å². The van der Waals surface area contributed by atoms with E-state index in [1.807, 2.05) is 121 Å². The molecule has 0 bridgehead atoms. The van der Waals surface area contributed by atoms with Crippen LogP contribution in [-0.4, -0.2) is 9.97 Å². The molecule has 6 aromatic rings. The zero-order valence-electron chi connectivity index (χ0n) is 24.0. The van der Waals surface area contributed by atoms with Gasteiger partial charge in [0.15, 0.2) is 0 Å². The van der Waals surface area contributed by atoms with Crippen molar-refractivity contribution < 1.29 is 21.1 Å². The molecule has 0 fully saturated rings. The number of aromatic nitrogens is 2. The average molecular weight is 762 g/mol. The van der Waals surface area contributed by atoms with Gasteiger partial charge in [-0.05, 0) is 58.1 Å². The maximum absolute atomic E-state index is 5.15. The van der Waals surface area contributed by atoms with E-state index >= 15 is 0 Å². The molecule has 0 saturated heterocycles. The van der Waals surface area contributed by atoms with Crippen molar-refractivity contribution in [1.82, 2.24) is 9.97 Å². The zero-order chi connectivity index (χ0) is 29.3. The minimum atomic E-state index is 0. The maximum atomic E-state index is 5.15. The summed E-state index contributed by atoms with van der Waals surface area (Å²) in [4.78, 5) is 10.3. The van der Waals surface area contributed by atoms with E-state index < -0.39 is 0 Å². The van der Waals surface area contributed by atoms with Crippen molar-refractivity contribution in [3.63, 3.8) is 0 Å². The molecule has 0 radical (unpaired) electrons. The number of fused-ring (bicyclic) bond motifs is 2. The second kappa shape index (κ2) is 12.3. The van der Waals surface area contributed by atoms with Crippen molar-refractivity contribution in [3.05, 3.63) is 190 Å². The topological polar surface area (TPSA) is 78.0 Å². The van der Waals surface area contributed by atoms with Crippen LogP contribution in [0.15, 0.2) is 157 Å². The van der Waals surface area contributed by atoms with Gasteiger partial charge in [-0.3, -0.25) is 0 Å². The summed E-state index contributed by atoms with van der Waals surface area (Å²) in [5.41, 5.74) is 10.9. The Morgan fingerprint density at radius 2 is 0.822 bits per heavy atom. The molecule has 2 aromatic heterocycles. The second-order valence-electron chi connectivity index (χ2n) is 10.5. The van der Waals surface area contributed by atoms with Gasteiger partial charge >= 0.3 is 21.1 Å². The molecule has 7 heteroatoms. The van der Waals surface area contributed by atoms with E-state index in [0.717, 1.165) is 79.4 Å². The van der Waals surface area contributed by atoms with E-state index in [-0.39, 0.29) is 21.1 Å². The van der Waals surface area contributed by atoms with E-state index in [2.05, 4.69) is 34.9 Å². The van der Waals surface area contributed by atoms with Crippen LogP contribution in [-0.2, 0) is 21.1 Å². The Bertz CT molecular complexity index is 1870. The maximum Gasteiger partial charge on any atom is 2.00 e. The molecule has 4 heterocycles. The second-order valence-corrected chi connectivity index (χ2v) is 10.5. The van der Waals surface area contributed by atoms with Gasteiger partial charge in [0.25, 0.3) is 0 Å². The van der Waals surface area contributed by atoms with Crippen LogP contribution < -0.4 is 10.6 Å². The predicted molar refractivity (Wildman–Crippen MR) is 179 cm³/mol. The molecule has 2 N–H and O–H groups in total. The Balaban J connectivity index is 0.00000325. The molecular weight excluding hydrogens is 736 g/mol. The van der Waals surface area contributed by atoms with Gasteiger partial charge in [-0.2, -0.15) is 0 Å². The van der Waals surface area contributed by atoms with Gasteiger partial charge in [0.05, 0.1) is 22.8 Å². The first-order valence-corrected chi connectivity index (χ1v) is 14.5. The molecule has 2 aliphatic rings. The summed E-state index contributed by atoms with van der Waals surface area (Å²) in [6.45, 7) is 0. The summed E-state index contributed by atoms with van der Waals surface area (Å²) in [5.74, 6) is 1.54. The van der Waals surface area contributed by atoms with Crippen LogP contribution in [0.5, 0.6) is 0 Å². The van der Waals surface area contributed by atoms with Gasteiger partial charge in [-0.1, -0.05) is 133 Å². The smallest absolute Gasteiger partial charge is 0.456 e. The number of hydrogen-bond donors (Lipinski definition) is 2. The first-order chi connectivity index (χ1) is 21.8. The van der Waals surface area contributed by atoms with Crippen LogP contribution in [0.4, 0.5) is 22.7 Å². The number of pyridine rings is 2. The third-order valence-corrected chi connectivity index (χ3v) is 7.65. The van der Waals surface area contributed by atoms with Gasteiger partial charge in [0, 0.05) is 11.1 Å². The van der Waals surface area contributed by atoms with Crippen molar-refractivity contribution in [2.75, 3.05) is 10.6 Å². The Labute approximate surface area is 276 Å². The molecule has 0 aliphatic carbocycles. The summed E-state index contributed by atoms with van der Waals surface area (Å²) in [6.07, 6.45) is 0. The fraction of sp³-hybridized carbons (Fsp3) is 0. The summed E-state index contributed by atoms with van der Waals surface area (Å²) >= 11 is 0. The van der Waals surface area contributed by atoms with Crippen LogP contribution in [0.1, 0.15) is 22.5 Å². The van der Waals surface area contributed by atoms with Crippen LogP contribution in [0.2, 0.25) is 0 Å². The van der Waals surface area contributed by atoms with Gasteiger partial charge in [0.2, 0.25) is 0 Å². The van der Waals surface area contributed by atoms with Gasteiger partial charge in [-0.25, -0.2) is 9.97 Å². The van der Waals surface area contributed by atoms with Crippen molar-refractivity contribution in [1.29, 1.82) is 0 Å². The average Bonchev–Trinajstić information content (AvgIpc) is 3.71. The molecule has 2 aliphatic heterocycles. The van der Waals surface area contributed by atoms with Crippen molar-refractivity contribution in [3.8, 4) is 11.4 Å². The van der Waals surface area contributed by atoms with Crippen LogP contribution in [0.25, 0.3) is 33.2 Å². The Hall–Kier alpha value is -5.45. The largest absolute Gasteiger partial charge is 2.00 e. The summed E-state index contributed by atoms with van der Waals surface area (Å²) in [7, 11) is 0. The SMILES string of the molecule is [Pt+2].c1ccc(/C(=C2/[N-]c3ccccc3N2)c2cccc(-c3cccc(/C(=C4\[N-]c5ccccc5N4)c4ccccc4)n3)n2)cc1. The van der Waals surface area contributed by atoms with Crippen LogP contribution >= 0.6 is 0 Å². The molecule has 8 rings (SSSR count). The Kier molecular flexibility index (Phi) is 7.72. The molecular formula is C38H26N6Pt. The predicted octanol–water partition coefficient (Wildman–Crippen LogP) is 9.84. The van der Waals surface area contributed by atoms with Crippen LogP contribution in [0.3, 0.4) is 0 Å². The molecule has 0 atom stereocenters. The number of hydrogen-bond acceptors (Lipinski definition) is 4. The number of benzene rings is 4. The fourth-order valence-electron chi connectivity index (χ4n) is 5.60. The number of nitrogens with one attached hydrogen (secondary N) is 2. The number of rotatable bonds is 5. The van der Waals surface area contributed by atoms with Crippen molar-refractivity contribution in [2.24, 2.45) is 0 Å². The fourth-order valence-corrected chi connectivity index (χ4v) is 5.60. The minimum absolute atomic E-state index is 0. The first-order valence-electron chi connectivity index (χ1n) is 14.5. The Morgan fingerprint density at radius 3 is 1.24 bits per heavy atom. The third kappa shape index (κ3) is 5.52. The van der Waals surface area contributed by atoms with Crippen molar-refractivity contribution in [2.45, 2.75) is 0 Å². The number of nitrogens with zero attached hydrogens (tertiary/aromatic N) is 4. The van der Waals surface area contributed by atoms with Crippen molar-refractivity contribution >= 4 is 33.9 Å². The molecule has 0 amide bonds. The molecule has 6 nitrogen and oxygen atoms in total. The molecule has 218 valence electrons. The summed E-state index contributed by atoms with van der Waals surface area (Å²) in [6, 6.07) is 48.7. The molecule has 0 unspecified atom stereocenters. The van der Waals surface area contributed by atoms with E-state index in [1.54, 1.807) is 0 Å². The molecule has 45 heavy (non-hydrogen) atoms. The number of anilines is 2. The summed E-state index contributed by atoms with van der Waals surface area (Å²) in [5, 5.41) is 16.9. The normalized spacial score (nSPS) is 14.8. The van der Waals surface area contributed by atoms with Gasteiger partial charge in [0.1, 0.15) is 0 Å². The number of para-hydroxylation sites is 4. The molecule has 0 spiro atoms. The van der Waals surface area contributed by atoms with E-state index in [1.165, 1.54) is 0 Å². The Morgan fingerprint density at radius 1 is 0.422 bits per heavy atom.